The van der Waals surface area contributed by atoms with Gasteiger partial charge in [0.15, 0.2) is 18.9 Å². The molecule has 1 amide bonds. The Bertz CT molecular complexity index is 794. The highest BCUT2D eigenvalue weighted by Gasteiger charge is 2.54. The van der Waals surface area contributed by atoms with Crippen LogP contribution in [-0.4, -0.2) is 177 Å². The van der Waals surface area contributed by atoms with E-state index in [1.165, 1.54) is 0 Å². The van der Waals surface area contributed by atoms with Crippen LogP contribution in [0.3, 0.4) is 0 Å². The second-order valence-electron chi connectivity index (χ2n) is 9.71. The molecular weight excluding hydrogens is 548 g/mol. The third-order valence-electron chi connectivity index (χ3n) is 6.88. The first-order chi connectivity index (χ1) is 19.0. The van der Waals surface area contributed by atoms with Gasteiger partial charge >= 0.3 is 0 Å². The lowest BCUT2D eigenvalue weighted by molar-refractivity contribution is -0.365. The number of carbonyl (C=O) groups is 1. The summed E-state index contributed by atoms with van der Waals surface area (Å²) in [4.78, 5) is 12.1. The minimum Gasteiger partial charge on any atom is -0.394 e. The summed E-state index contributed by atoms with van der Waals surface area (Å²) in [5, 5.41) is 94.4. The van der Waals surface area contributed by atoms with Crippen molar-refractivity contribution in [1.29, 1.82) is 0 Å². The van der Waals surface area contributed by atoms with Gasteiger partial charge in [-0.2, -0.15) is 0 Å². The molecule has 0 aromatic rings. The molecule has 0 aromatic carbocycles. The number of aliphatic hydroxyl groups excluding tert-OH is 9. The van der Waals surface area contributed by atoms with Gasteiger partial charge in [-0.3, -0.25) is 4.79 Å². The maximum atomic E-state index is 12.1. The van der Waals surface area contributed by atoms with Crippen molar-refractivity contribution >= 4 is 5.91 Å². The van der Waals surface area contributed by atoms with E-state index >= 15 is 0 Å². The van der Waals surface area contributed by atoms with Gasteiger partial charge in [-0.25, -0.2) is 0 Å². The van der Waals surface area contributed by atoms with Crippen LogP contribution in [0.25, 0.3) is 0 Å². The third kappa shape index (κ3) is 7.24. The monoisotopic (exact) mass is 588 g/mol. The Balaban J connectivity index is 1.88. The molecule has 0 bridgehead atoms. The molecule has 3 aliphatic rings. The highest BCUT2D eigenvalue weighted by Crippen LogP contribution is 2.32. The Labute approximate surface area is 228 Å². The molecular formula is C22H40N2O16. The van der Waals surface area contributed by atoms with E-state index in [1.54, 1.807) is 0 Å². The molecule has 0 spiro atoms. The Morgan fingerprint density at radius 2 is 1.23 bits per heavy atom. The van der Waals surface area contributed by atoms with Crippen molar-refractivity contribution in [3.05, 3.63) is 0 Å². The summed E-state index contributed by atoms with van der Waals surface area (Å²) in [5.74, 6) is -0.673. The number of aliphatic hydroxyl groups is 9. The van der Waals surface area contributed by atoms with Crippen molar-refractivity contribution in [2.24, 2.45) is 5.73 Å². The number of nitrogens with one attached hydrogen (secondary N) is 1. The largest absolute Gasteiger partial charge is 0.394 e. The quantitative estimate of drug-likeness (QED) is 0.107. The first-order valence-corrected chi connectivity index (χ1v) is 12.8. The maximum absolute atomic E-state index is 12.1. The van der Waals surface area contributed by atoms with Crippen LogP contribution < -0.4 is 11.1 Å². The van der Waals surface area contributed by atoms with Crippen LogP contribution in [0, 0.1) is 0 Å². The molecule has 3 saturated heterocycles. The predicted molar refractivity (Wildman–Crippen MR) is 126 cm³/mol. The molecule has 18 nitrogen and oxygen atoms in total. The Hall–Kier alpha value is -1.17. The summed E-state index contributed by atoms with van der Waals surface area (Å²) in [6.45, 7) is -1.10. The average Bonchev–Trinajstić information content (AvgIpc) is 2.93. The van der Waals surface area contributed by atoms with E-state index < -0.39 is 118 Å². The number of rotatable bonds is 11. The molecule has 0 aliphatic carbocycles. The van der Waals surface area contributed by atoms with E-state index in [-0.39, 0.29) is 13.2 Å². The van der Waals surface area contributed by atoms with Crippen LogP contribution in [0.5, 0.6) is 0 Å². The lowest BCUT2D eigenvalue weighted by atomic mass is 9.94. The van der Waals surface area contributed by atoms with E-state index in [9.17, 15) is 50.8 Å². The number of carbonyl (C=O) groups excluding carboxylic acids is 1. The lowest BCUT2D eigenvalue weighted by Crippen LogP contribution is -2.69. The number of hydrogen-bond acceptors (Lipinski definition) is 17. The van der Waals surface area contributed by atoms with E-state index in [0.717, 1.165) is 6.92 Å². The summed E-state index contributed by atoms with van der Waals surface area (Å²) < 4.78 is 33.3. The molecule has 3 heterocycles. The van der Waals surface area contributed by atoms with Crippen LogP contribution in [0.2, 0.25) is 0 Å². The highest BCUT2D eigenvalue weighted by atomic mass is 16.7. The van der Waals surface area contributed by atoms with Crippen molar-refractivity contribution in [2.45, 2.75) is 99.0 Å². The fourth-order valence-corrected chi connectivity index (χ4v) is 4.77. The smallest absolute Gasteiger partial charge is 0.217 e. The SMILES string of the molecule is CC(=O)N[C@@H]1[C@H](O[C@H]2[C@H](O)[C@@H](O)[C@H](OCCN)O[C@@H]2CO)O[C@H](CO)[C@@H](O)[C@@H]1O[C@H]1O[C@H](CO)[C@H](O)[C@H](O)[C@H]1O. The normalized spacial score (nSPS) is 46.2. The molecule has 12 N–H and O–H groups in total. The van der Waals surface area contributed by atoms with E-state index in [1.807, 2.05) is 0 Å². The van der Waals surface area contributed by atoms with Crippen LogP contribution in [-0.2, 0) is 33.2 Å². The molecule has 0 radical (unpaired) electrons. The summed E-state index contributed by atoms with van der Waals surface area (Å²) in [6.07, 6.45) is -22.4. The van der Waals surface area contributed by atoms with Gasteiger partial charge in [-0.05, 0) is 0 Å². The molecule has 18 heteroatoms. The zero-order valence-electron chi connectivity index (χ0n) is 21.7. The summed E-state index contributed by atoms with van der Waals surface area (Å²) in [6, 6.07) is -1.45. The summed E-state index contributed by atoms with van der Waals surface area (Å²) >= 11 is 0. The van der Waals surface area contributed by atoms with Gasteiger partial charge in [-0.15, -0.1) is 0 Å². The van der Waals surface area contributed by atoms with Crippen LogP contribution >= 0.6 is 0 Å². The van der Waals surface area contributed by atoms with E-state index in [0.29, 0.717) is 0 Å². The van der Waals surface area contributed by atoms with Gasteiger partial charge in [0.2, 0.25) is 5.91 Å². The van der Waals surface area contributed by atoms with Crippen LogP contribution in [0.1, 0.15) is 6.92 Å². The molecule has 0 saturated carbocycles. The first-order valence-electron chi connectivity index (χ1n) is 12.8. The van der Waals surface area contributed by atoms with Gasteiger partial charge in [0.05, 0.1) is 26.4 Å². The van der Waals surface area contributed by atoms with E-state index in [4.69, 9.17) is 34.2 Å². The Morgan fingerprint density at radius 1 is 0.700 bits per heavy atom. The zero-order valence-corrected chi connectivity index (χ0v) is 21.7. The van der Waals surface area contributed by atoms with E-state index in [2.05, 4.69) is 5.32 Å². The molecule has 40 heavy (non-hydrogen) atoms. The molecule has 3 rings (SSSR count). The zero-order chi connectivity index (χ0) is 29.7. The third-order valence-corrected chi connectivity index (χ3v) is 6.88. The summed E-state index contributed by atoms with van der Waals surface area (Å²) in [5.41, 5.74) is 5.39. The van der Waals surface area contributed by atoms with Crippen molar-refractivity contribution in [3.63, 3.8) is 0 Å². The van der Waals surface area contributed by atoms with Gasteiger partial charge in [0.1, 0.15) is 73.2 Å². The van der Waals surface area contributed by atoms with Crippen molar-refractivity contribution in [1.82, 2.24) is 5.32 Å². The number of ether oxygens (including phenoxy) is 6. The number of amides is 1. The van der Waals surface area contributed by atoms with Gasteiger partial charge < -0.3 is 85.4 Å². The average molecular weight is 589 g/mol. The van der Waals surface area contributed by atoms with Crippen molar-refractivity contribution < 1.29 is 79.2 Å². The Kier molecular flexibility index (Phi) is 12.4. The highest BCUT2D eigenvalue weighted by molar-refractivity contribution is 5.73. The fourth-order valence-electron chi connectivity index (χ4n) is 4.77. The second-order valence-corrected chi connectivity index (χ2v) is 9.71. The van der Waals surface area contributed by atoms with Crippen LogP contribution in [0.15, 0.2) is 0 Å². The first kappa shape index (κ1) is 33.3. The second kappa shape index (κ2) is 14.8. The lowest BCUT2D eigenvalue weighted by Gasteiger charge is -2.49. The van der Waals surface area contributed by atoms with Crippen molar-refractivity contribution in [3.8, 4) is 0 Å². The van der Waals surface area contributed by atoms with Gasteiger partial charge in [0, 0.05) is 13.5 Å². The van der Waals surface area contributed by atoms with Gasteiger partial charge in [0.25, 0.3) is 0 Å². The summed E-state index contributed by atoms with van der Waals surface area (Å²) in [7, 11) is 0. The standard InChI is InChI=1S/C22H40N2O16/c1-7(28)24-11-19(40-22-16(33)14(31)12(29)8(4-25)37-22)13(30)9(5-26)36-20(11)39-18-10(6-27)38-21(35-3-2-23)17(34)15(18)32/h8-22,25-27,29-34H,2-6,23H2,1H3,(H,24,28)/t8-,9-,10-,11+,12+,13-,14+,15-,16-,17-,18-,19-,20+,21-,22-/m1/s1. The number of nitrogens with two attached hydrogens (primary N) is 1. The molecule has 3 fully saturated rings. The topological polar surface area (TPSA) is 293 Å². The molecule has 234 valence electrons. The Morgan fingerprint density at radius 3 is 1.80 bits per heavy atom. The molecule has 0 unspecified atom stereocenters. The molecule has 15 atom stereocenters. The number of hydrogen-bond donors (Lipinski definition) is 11. The minimum absolute atomic E-state index is 0.0263. The maximum Gasteiger partial charge on any atom is 0.217 e. The van der Waals surface area contributed by atoms with Gasteiger partial charge in [-0.1, -0.05) is 0 Å². The molecule has 0 aromatic heterocycles. The fraction of sp³-hybridized carbons (Fsp3) is 0.955. The predicted octanol–water partition coefficient (Wildman–Crippen LogP) is -7.45. The van der Waals surface area contributed by atoms with Crippen molar-refractivity contribution in [2.75, 3.05) is 33.0 Å². The minimum atomic E-state index is -1.87. The van der Waals surface area contributed by atoms with Crippen LogP contribution in [0.4, 0.5) is 0 Å². The molecule has 3 aliphatic heterocycles.